The minimum absolute atomic E-state index is 0.170. The first-order valence-corrected chi connectivity index (χ1v) is 14.5. The summed E-state index contributed by atoms with van der Waals surface area (Å²) >= 11 is 0. The van der Waals surface area contributed by atoms with Crippen LogP contribution in [0.25, 0.3) is 11.3 Å². The molecule has 0 unspecified atom stereocenters. The molecule has 40 heavy (non-hydrogen) atoms. The molecule has 10 heteroatoms. The summed E-state index contributed by atoms with van der Waals surface area (Å²) in [5.74, 6) is 1.29. The smallest absolute Gasteiger partial charge is 0.215 e. The van der Waals surface area contributed by atoms with E-state index in [2.05, 4.69) is 42.4 Å². The molecule has 4 aliphatic rings. The number of nitrogens with zero attached hydrogens (tertiary/aromatic N) is 5. The number of aromatic nitrogens is 3. The van der Waals surface area contributed by atoms with E-state index in [0.29, 0.717) is 47.2 Å². The van der Waals surface area contributed by atoms with E-state index in [1.807, 2.05) is 24.4 Å². The van der Waals surface area contributed by atoms with E-state index < -0.39 is 0 Å². The van der Waals surface area contributed by atoms with E-state index >= 15 is 0 Å². The summed E-state index contributed by atoms with van der Waals surface area (Å²) in [6.07, 6.45) is 9.02. The molecule has 2 bridgehead atoms. The Hall–Kier alpha value is -3.63. The zero-order valence-electron chi connectivity index (χ0n) is 22.7. The van der Waals surface area contributed by atoms with Crippen LogP contribution in [-0.2, 0) is 4.74 Å². The van der Waals surface area contributed by atoms with E-state index in [0.717, 1.165) is 76.1 Å². The van der Waals surface area contributed by atoms with Gasteiger partial charge >= 0.3 is 0 Å². The summed E-state index contributed by atoms with van der Waals surface area (Å²) in [5, 5.41) is 22.2. The third-order valence-electron chi connectivity index (χ3n) is 8.83. The Bertz CT molecular complexity index is 1330. The third-order valence-corrected chi connectivity index (χ3v) is 8.83. The van der Waals surface area contributed by atoms with E-state index in [1.165, 1.54) is 0 Å². The average molecular weight is 544 g/mol. The Kier molecular flexibility index (Phi) is 6.81. The fourth-order valence-corrected chi connectivity index (χ4v) is 6.71. The van der Waals surface area contributed by atoms with E-state index in [1.54, 1.807) is 12.1 Å². The molecule has 3 aromatic rings. The average Bonchev–Trinajstić information content (AvgIpc) is 3.22. The highest BCUT2D eigenvalue weighted by molar-refractivity contribution is 5.74. The van der Waals surface area contributed by atoms with Gasteiger partial charge in [-0.15, -0.1) is 10.2 Å². The van der Waals surface area contributed by atoms with Gasteiger partial charge in [-0.2, -0.15) is 0 Å². The largest absolute Gasteiger partial charge is 0.507 e. The number of piperazine rings is 1. The first-order chi connectivity index (χ1) is 19.6. The summed E-state index contributed by atoms with van der Waals surface area (Å²) in [5.41, 5.74) is 9.61. The number of fused-ring (bicyclic) bond motifs is 2. The minimum atomic E-state index is 0.170. The van der Waals surface area contributed by atoms with Crippen LogP contribution in [0.2, 0.25) is 0 Å². The van der Waals surface area contributed by atoms with Gasteiger partial charge in [-0.05, 0) is 63.0 Å². The molecule has 0 radical (unpaired) electrons. The summed E-state index contributed by atoms with van der Waals surface area (Å²) in [7, 11) is 0. The lowest BCUT2D eigenvalue weighted by Gasteiger charge is -2.43. The first-order valence-electron chi connectivity index (χ1n) is 14.5. The number of benzene rings is 1. The van der Waals surface area contributed by atoms with E-state index in [4.69, 9.17) is 15.2 Å². The Balaban J connectivity index is 1.01. The molecule has 2 atom stereocenters. The molecule has 4 N–H and O–H groups in total. The van der Waals surface area contributed by atoms with Gasteiger partial charge in [0.25, 0.3) is 0 Å². The maximum absolute atomic E-state index is 10.3. The van der Waals surface area contributed by atoms with Gasteiger partial charge in [0.2, 0.25) is 5.88 Å². The Labute approximate surface area is 234 Å². The van der Waals surface area contributed by atoms with Gasteiger partial charge in [-0.25, -0.2) is 4.98 Å². The molecule has 1 saturated carbocycles. The summed E-state index contributed by atoms with van der Waals surface area (Å²) in [6.45, 7) is 3.78. The second-order valence-corrected chi connectivity index (χ2v) is 11.5. The molecular weight excluding hydrogens is 506 g/mol. The Morgan fingerprint density at radius 2 is 1.68 bits per heavy atom. The monoisotopic (exact) mass is 543 g/mol. The predicted molar refractivity (Wildman–Crippen MR) is 154 cm³/mol. The topological polar surface area (TPSA) is 122 Å². The minimum Gasteiger partial charge on any atom is -0.507 e. The summed E-state index contributed by atoms with van der Waals surface area (Å²) in [4.78, 5) is 9.38. The van der Waals surface area contributed by atoms with Crippen LogP contribution in [0.5, 0.6) is 11.6 Å². The number of phenolic OH excluding ortho intramolecular Hbond substituents is 1. The zero-order valence-corrected chi connectivity index (χ0v) is 22.7. The molecule has 7 rings (SSSR count). The number of piperidine rings is 1. The SMILES string of the molecule is Nc1nnc(-c2ccccc2O)cc1N1C[C@H]2CC[C@@H](C1)N2c1ccnc(OC2CC(OC3CCNCC3)C2)c1. The molecule has 3 aliphatic heterocycles. The zero-order chi connectivity index (χ0) is 27.1. The normalized spacial score (nSPS) is 26.5. The third kappa shape index (κ3) is 5.01. The van der Waals surface area contributed by atoms with Crippen molar-refractivity contribution in [2.75, 3.05) is 41.7 Å². The Morgan fingerprint density at radius 1 is 0.900 bits per heavy atom. The van der Waals surface area contributed by atoms with Crippen molar-refractivity contribution in [2.45, 2.75) is 68.9 Å². The van der Waals surface area contributed by atoms with Gasteiger partial charge in [0.15, 0.2) is 5.82 Å². The molecule has 1 aliphatic carbocycles. The summed E-state index contributed by atoms with van der Waals surface area (Å²) < 4.78 is 12.5. The van der Waals surface area contributed by atoms with Crippen LogP contribution < -0.4 is 25.6 Å². The van der Waals surface area contributed by atoms with Crippen molar-refractivity contribution < 1.29 is 14.6 Å². The lowest BCUT2D eigenvalue weighted by molar-refractivity contribution is -0.103. The van der Waals surface area contributed by atoms with E-state index in [-0.39, 0.29) is 11.9 Å². The first kappa shape index (κ1) is 25.3. The van der Waals surface area contributed by atoms with Crippen LogP contribution in [0.15, 0.2) is 48.7 Å². The molecular formula is C30H37N7O3. The van der Waals surface area contributed by atoms with Crippen LogP contribution in [0.1, 0.15) is 38.5 Å². The van der Waals surface area contributed by atoms with Gasteiger partial charge in [-0.3, -0.25) is 0 Å². The number of hydrogen-bond donors (Lipinski definition) is 3. The van der Waals surface area contributed by atoms with Gasteiger partial charge in [-0.1, -0.05) is 12.1 Å². The number of nitrogens with two attached hydrogens (primary N) is 1. The van der Waals surface area contributed by atoms with Crippen LogP contribution in [0.4, 0.5) is 17.2 Å². The highest BCUT2D eigenvalue weighted by atomic mass is 16.5. The lowest BCUT2D eigenvalue weighted by Crippen LogP contribution is -2.54. The maximum atomic E-state index is 10.3. The number of hydrogen-bond acceptors (Lipinski definition) is 10. The number of ether oxygens (including phenoxy) is 2. The van der Waals surface area contributed by atoms with Crippen LogP contribution in [0, 0.1) is 0 Å². The molecule has 5 heterocycles. The number of nitrogens with one attached hydrogen (secondary N) is 1. The van der Waals surface area contributed by atoms with Gasteiger partial charge in [0.1, 0.15) is 11.9 Å². The van der Waals surface area contributed by atoms with Crippen LogP contribution in [0.3, 0.4) is 0 Å². The second-order valence-electron chi connectivity index (χ2n) is 11.5. The van der Waals surface area contributed by atoms with Crippen molar-refractivity contribution >= 4 is 17.2 Å². The number of para-hydroxylation sites is 1. The van der Waals surface area contributed by atoms with Crippen molar-refractivity contribution in [3.63, 3.8) is 0 Å². The molecule has 0 spiro atoms. The van der Waals surface area contributed by atoms with Crippen LogP contribution >= 0.6 is 0 Å². The van der Waals surface area contributed by atoms with Gasteiger partial charge in [0.05, 0.1) is 23.6 Å². The molecule has 210 valence electrons. The van der Waals surface area contributed by atoms with Crippen molar-refractivity contribution in [3.8, 4) is 22.9 Å². The lowest BCUT2D eigenvalue weighted by atomic mass is 9.91. The summed E-state index contributed by atoms with van der Waals surface area (Å²) in [6, 6.07) is 14.0. The van der Waals surface area contributed by atoms with Crippen LogP contribution in [-0.4, -0.2) is 76.9 Å². The molecule has 2 aromatic heterocycles. The van der Waals surface area contributed by atoms with Crippen molar-refractivity contribution in [2.24, 2.45) is 0 Å². The number of pyridine rings is 1. The van der Waals surface area contributed by atoms with Crippen molar-refractivity contribution in [3.05, 3.63) is 48.7 Å². The molecule has 1 aromatic carbocycles. The number of anilines is 3. The molecule has 4 fully saturated rings. The molecule has 0 amide bonds. The fourth-order valence-electron chi connectivity index (χ4n) is 6.71. The van der Waals surface area contributed by atoms with Gasteiger partial charge in [0, 0.05) is 61.5 Å². The standard InChI is InChI=1S/C30H37N7O3/c31-30-27(16-26(34-35-30)25-3-1-2-4-28(25)38)36-17-20-5-6-21(18-36)37(20)19-7-12-33-29(13-19)40-24-14-23(15-24)39-22-8-10-32-11-9-22/h1-4,7,12-13,16,20-24,32,38H,5-6,8-11,14-15,17-18H2,(H2,31,35)/t20-,21+,23?,24?. The van der Waals surface area contributed by atoms with E-state index in [9.17, 15) is 5.11 Å². The highest BCUT2D eigenvalue weighted by Crippen LogP contribution is 2.40. The fraction of sp³-hybridized carbons (Fsp3) is 0.500. The van der Waals surface area contributed by atoms with Crippen molar-refractivity contribution in [1.82, 2.24) is 20.5 Å². The highest BCUT2D eigenvalue weighted by Gasteiger charge is 2.41. The number of phenols is 1. The Morgan fingerprint density at radius 3 is 2.45 bits per heavy atom. The number of nitrogen functional groups attached to an aromatic ring is 1. The quantitative estimate of drug-likeness (QED) is 0.409. The van der Waals surface area contributed by atoms with Crippen molar-refractivity contribution in [1.29, 1.82) is 0 Å². The van der Waals surface area contributed by atoms with Gasteiger partial charge < -0.3 is 35.4 Å². The number of rotatable bonds is 7. The molecule has 10 nitrogen and oxygen atoms in total. The number of aromatic hydroxyl groups is 1. The maximum Gasteiger partial charge on any atom is 0.215 e. The second kappa shape index (κ2) is 10.7. The molecule has 3 saturated heterocycles. The predicted octanol–water partition coefficient (Wildman–Crippen LogP) is 3.36.